The van der Waals surface area contributed by atoms with Crippen molar-refractivity contribution in [3.05, 3.63) is 27.7 Å². The summed E-state index contributed by atoms with van der Waals surface area (Å²) in [5.41, 5.74) is 7.57. The van der Waals surface area contributed by atoms with Crippen LogP contribution in [0.3, 0.4) is 0 Å². The lowest BCUT2D eigenvalue weighted by atomic mass is 10.3. The fourth-order valence-electron chi connectivity index (χ4n) is 1.30. The molecule has 0 aliphatic carbocycles. The summed E-state index contributed by atoms with van der Waals surface area (Å²) in [6.45, 7) is 0.486. The van der Waals surface area contributed by atoms with Crippen LogP contribution in [0.25, 0.3) is 10.6 Å². The van der Waals surface area contributed by atoms with Crippen LogP contribution in [0.5, 0.6) is 0 Å². The first kappa shape index (κ1) is 9.89. The normalized spacial score (nSPS) is 10.8. The van der Waals surface area contributed by atoms with Crippen LogP contribution in [0.2, 0.25) is 0 Å². The van der Waals surface area contributed by atoms with Crippen LogP contribution in [-0.4, -0.2) is 9.78 Å². The Labute approximate surface area is 94.7 Å². The maximum atomic E-state index is 5.53. The molecule has 0 radical (unpaired) electrons. The Morgan fingerprint density at radius 3 is 2.86 bits per heavy atom. The fraction of sp³-hybridized carbons (Fsp3) is 0.222. The van der Waals surface area contributed by atoms with Gasteiger partial charge in [-0.05, 0) is 28.1 Å². The van der Waals surface area contributed by atoms with E-state index in [0.717, 1.165) is 15.9 Å². The van der Waals surface area contributed by atoms with Gasteiger partial charge in [0.2, 0.25) is 0 Å². The van der Waals surface area contributed by atoms with E-state index in [1.54, 1.807) is 11.3 Å². The summed E-state index contributed by atoms with van der Waals surface area (Å²) in [7, 11) is 1.93. The third-order valence-corrected chi connectivity index (χ3v) is 3.67. The summed E-state index contributed by atoms with van der Waals surface area (Å²) in [4.78, 5) is 1.20. The molecule has 0 spiro atoms. The Bertz CT molecular complexity index is 447. The summed E-state index contributed by atoms with van der Waals surface area (Å²) in [5.74, 6) is 0. The molecule has 0 aromatic carbocycles. The van der Waals surface area contributed by atoms with E-state index in [0.29, 0.717) is 6.54 Å². The quantitative estimate of drug-likeness (QED) is 0.912. The zero-order valence-corrected chi connectivity index (χ0v) is 10.1. The van der Waals surface area contributed by atoms with Gasteiger partial charge in [0.05, 0.1) is 16.3 Å². The van der Waals surface area contributed by atoms with Crippen molar-refractivity contribution < 1.29 is 0 Å². The molecule has 0 unspecified atom stereocenters. The Balaban J connectivity index is 2.45. The van der Waals surface area contributed by atoms with E-state index in [1.807, 2.05) is 17.8 Å². The molecule has 2 heterocycles. The van der Waals surface area contributed by atoms with Gasteiger partial charge in [0.1, 0.15) is 0 Å². The summed E-state index contributed by atoms with van der Waals surface area (Å²) in [6, 6.07) is 4.11. The molecular weight excluding hydrogens is 262 g/mol. The van der Waals surface area contributed by atoms with E-state index in [4.69, 9.17) is 5.73 Å². The van der Waals surface area contributed by atoms with Crippen molar-refractivity contribution in [3.8, 4) is 10.6 Å². The Morgan fingerprint density at radius 1 is 1.57 bits per heavy atom. The highest BCUT2D eigenvalue weighted by molar-refractivity contribution is 9.10. The zero-order valence-electron chi connectivity index (χ0n) is 7.70. The minimum absolute atomic E-state index is 0.486. The number of nitrogens with two attached hydrogens (primary N) is 1. The Hall–Kier alpha value is -0.650. The molecule has 3 nitrogen and oxygen atoms in total. The van der Waals surface area contributed by atoms with Gasteiger partial charge in [0.15, 0.2) is 0 Å². The Morgan fingerprint density at radius 2 is 2.36 bits per heavy atom. The highest BCUT2D eigenvalue weighted by Gasteiger charge is 2.08. The van der Waals surface area contributed by atoms with Gasteiger partial charge in [-0.3, -0.25) is 4.68 Å². The molecule has 2 N–H and O–H groups in total. The van der Waals surface area contributed by atoms with Gasteiger partial charge in [-0.2, -0.15) is 5.10 Å². The summed E-state index contributed by atoms with van der Waals surface area (Å²) >= 11 is 5.13. The third kappa shape index (κ3) is 1.75. The van der Waals surface area contributed by atoms with Crippen molar-refractivity contribution in [2.75, 3.05) is 0 Å². The molecule has 0 amide bonds. The van der Waals surface area contributed by atoms with Crippen molar-refractivity contribution in [1.29, 1.82) is 0 Å². The lowest BCUT2D eigenvalue weighted by molar-refractivity contribution is 0.750. The van der Waals surface area contributed by atoms with Gasteiger partial charge in [0.25, 0.3) is 0 Å². The van der Waals surface area contributed by atoms with E-state index in [1.165, 1.54) is 4.88 Å². The predicted octanol–water partition coefficient (Wildman–Crippen LogP) is 2.37. The number of hydrogen-bond donors (Lipinski definition) is 1. The number of halogens is 1. The first-order chi connectivity index (χ1) is 6.70. The molecule has 0 saturated carbocycles. The predicted molar refractivity (Wildman–Crippen MR) is 62.1 cm³/mol. The summed E-state index contributed by atoms with van der Waals surface area (Å²) in [5, 5.41) is 6.36. The number of rotatable bonds is 2. The molecule has 2 aromatic heterocycles. The second kappa shape index (κ2) is 3.84. The first-order valence-corrected chi connectivity index (χ1v) is 5.85. The molecular formula is C9H10BrN3S. The summed E-state index contributed by atoms with van der Waals surface area (Å²) < 4.78 is 2.97. The van der Waals surface area contributed by atoms with E-state index in [-0.39, 0.29) is 0 Å². The number of aromatic nitrogens is 2. The third-order valence-electron chi connectivity index (χ3n) is 1.96. The minimum Gasteiger partial charge on any atom is -0.325 e. The monoisotopic (exact) mass is 271 g/mol. The first-order valence-electron chi connectivity index (χ1n) is 4.18. The van der Waals surface area contributed by atoms with E-state index in [2.05, 4.69) is 32.5 Å². The van der Waals surface area contributed by atoms with Crippen molar-refractivity contribution >= 4 is 27.3 Å². The van der Waals surface area contributed by atoms with Crippen LogP contribution >= 0.6 is 27.3 Å². The average Bonchev–Trinajstić information content (AvgIpc) is 2.71. The van der Waals surface area contributed by atoms with Crippen molar-refractivity contribution in [1.82, 2.24) is 9.78 Å². The molecule has 0 aliphatic heterocycles. The van der Waals surface area contributed by atoms with Gasteiger partial charge in [-0.25, -0.2) is 0 Å². The lowest BCUT2D eigenvalue weighted by Crippen LogP contribution is -1.98. The largest absolute Gasteiger partial charge is 0.325 e. The second-order valence-electron chi connectivity index (χ2n) is 2.98. The zero-order chi connectivity index (χ0) is 10.1. The van der Waals surface area contributed by atoms with Gasteiger partial charge in [-0.1, -0.05) is 0 Å². The van der Waals surface area contributed by atoms with Crippen LogP contribution in [0, 0.1) is 0 Å². The molecule has 0 fully saturated rings. The van der Waals surface area contributed by atoms with Crippen molar-refractivity contribution in [2.45, 2.75) is 6.54 Å². The number of aryl methyl sites for hydroxylation is 1. The van der Waals surface area contributed by atoms with Crippen molar-refractivity contribution in [3.63, 3.8) is 0 Å². The molecule has 14 heavy (non-hydrogen) atoms. The maximum Gasteiger partial charge on any atom is 0.0782 e. The topological polar surface area (TPSA) is 43.8 Å². The van der Waals surface area contributed by atoms with Crippen LogP contribution in [0.4, 0.5) is 0 Å². The Kier molecular flexibility index (Phi) is 2.71. The highest BCUT2D eigenvalue weighted by atomic mass is 79.9. The molecule has 0 atom stereocenters. The molecule has 0 aliphatic rings. The highest BCUT2D eigenvalue weighted by Crippen LogP contribution is 2.29. The van der Waals surface area contributed by atoms with Crippen molar-refractivity contribution in [2.24, 2.45) is 12.8 Å². The van der Waals surface area contributed by atoms with Gasteiger partial charge < -0.3 is 5.73 Å². The summed E-state index contributed by atoms with van der Waals surface area (Å²) in [6.07, 6.45) is 0. The average molecular weight is 272 g/mol. The SMILES string of the molecule is Cn1nc(CN)cc1-c1cc(Br)cs1. The van der Waals surface area contributed by atoms with E-state index in [9.17, 15) is 0 Å². The smallest absolute Gasteiger partial charge is 0.0782 e. The molecule has 5 heteroatoms. The molecule has 0 bridgehead atoms. The fourth-order valence-corrected chi connectivity index (χ4v) is 2.78. The molecule has 2 aromatic rings. The molecule has 74 valence electrons. The number of thiophene rings is 1. The van der Waals surface area contributed by atoms with Crippen LogP contribution in [0.1, 0.15) is 5.69 Å². The standard InChI is InChI=1S/C9H10BrN3S/c1-13-8(3-7(4-11)12-13)9-2-6(10)5-14-9/h2-3,5H,4,11H2,1H3. The van der Waals surface area contributed by atoms with Crippen LogP contribution in [0.15, 0.2) is 22.0 Å². The molecule has 0 saturated heterocycles. The molecule has 2 rings (SSSR count). The van der Waals surface area contributed by atoms with Gasteiger partial charge in [-0.15, -0.1) is 11.3 Å². The maximum absolute atomic E-state index is 5.53. The van der Waals surface area contributed by atoms with Gasteiger partial charge in [0, 0.05) is 23.4 Å². The minimum atomic E-state index is 0.486. The lowest BCUT2D eigenvalue weighted by Gasteiger charge is -1.95. The van der Waals surface area contributed by atoms with Crippen LogP contribution in [-0.2, 0) is 13.6 Å². The van der Waals surface area contributed by atoms with E-state index < -0.39 is 0 Å². The second-order valence-corrected chi connectivity index (χ2v) is 4.80. The van der Waals surface area contributed by atoms with E-state index >= 15 is 0 Å². The van der Waals surface area contributed by atoms with Gasteiger partial charge >= 0.3 is 0 Å². The number of hydrogen-bond acceptors (Lipinski definition) is 3. The number of nitrogens with zero attached hydrogens (tertiary/aromatic N) is 2. The van der Waals surface area contributed by atoms with Crippen LogP contribution < -0.4 is 5.73 Å².